The molecule has 1 amide bonds. The first-order chi connectivity index (χ1) is 18.8. The number of pyridine rings is 1. The largest absolute Gasteiger partial charge is 0.396 e. The van der Waals surface area contributed by atoms with E-state index < -0.39 is 17.2 Å². The van der Waals surface area contributed by atoms with Crippen LogP contribution in [0.1, 0.15) is 21.5 Å². The van der Waals surface area contributed by atoms with Crippen LogP contribution in [0.25, 0.3) is 44.1 Å². The van der Waals surface area contributed by atoms with E-state index in [0.717, 1.165) is 37.5 Å². The number of carbonyl (C=O) groups is 1. The van der Waals surface area contributed by atoms with Gasteiger partial charge in [-0.2, -0.15) is 0 Å². The molecule has 0 fully saturated rings. The topological polar surface area (TPSA) is 123 Å². The van der Waals surface area contributed by atoms with Crippen molar-refractivity contribution >= 4 is 44.8 Å². The van der Waals surface area contributed by atoms with Gasteiger partial charge < -0.3 is 15.8 Å². The summed E-state index contributed by atoms with van der Waals surface area (Å²) in [6, 6.07) is 19.4. The molecule has 9 heteroatoms. The Morgan fingerprint density at radius 2 is 1.85 bits per heavy atom. The van der Waals surface area contributed by atoms with Crippen LogP contribution in [0.2, 0.25) is 5.02 Å². The van der Waals surface area contributed by atoms with Gasteiger partial charge in [-0.25, -0.2) is 9.36 Å². The molecule has 0 aliphatic rings. The molecule has 3 aromatic heterocycles. The van der Waals surface area contributed by atoms with E-state index in [4.69, 9.17) is 17.3 Å². The van der Waals surface area contributed by atoms with E-state index in [9.17, 15) is 19.5 Å². The molecular weight excluding hydrogens is 516 g/mol. The van der Waals surface area contributed by atoms with Crippen LogP contribution in [0, 0.1) is 6.92 Å². The number of nitrogens with one attached hydrogen (secondary N) is 1. The molecule has 0 saturated heterocycles. The van der Waals surface area contributed by atoms with Gasteiger partial charge in [0.25, 0.3) is 11.5 Å². The molecule has 3 heterocycles. The number of aromatic amines is 1. The average Bonchev–Trinajstić information content (AvgIpc) is 3.29. The number of aliphatic hydroxyl groups is 1. The monoisotopic (exact) mass is 538 g/mol. The number of fused-ring (bicyclic) bond motifs is 4. The van der Waals surface area contributed by atoms with E-state index in [1.165, 1.54) is 10.5 Å². The van der Waals surface area contributed by atoms with E-state index in [0.29, 0.717) is 39.3 Å². The predicted octanol–water partition coefficient (Wildman–Crippen LogP) is 4.35. The first kappa shape index (κ1) is 24.7. The van der Waals surface area contributed by atoms with Crippen molar-refractivity contribution < 1.29 is 9.90 Å². The summed E-state index contributed by atoms with van der Waals surface area (Å²) in [6.45, 7) is 1.88. The van der Waals surface area contributed by atoms with Crippen LogP contribution in [0.4, 0.5) is 0 Å². The van der Waals surface area contributed by atoms with Crippen molar-refractivity contribution in [1.82, 2.24) is 14.0 Å². The van der Waals surface area contributed by atoms with Gasteiger partial charge in [-0.1, -0.05) is 41.9 Å². The number of carbonyl (C=O) groups excluding carboxylic acids is 1. The number of nitrogens with zero attached hydrogens (tertiary/aromatic N) is 2. The lowest BCUT2D eigenvalue weighted by molar-refractivity contribution is 0.100. The number of hydrogen-bond donors (Lipinski definition) is 3. The number of aliphatic hydroxyl groups excluding tert-OH is 1. The van der Waals surface area contributed by atoms with Crippen LogP contribution in [0.15, 0.2) is 82.5 Å². The molecule has 3 aromatic carbocycles. The van der Waals surface area contributed by atoms with Crippen molar-refractivity contribution in [2.45, 2.75) is 13.3 Å². The van der Waals surface area contributed by atoms with Crippen molar-refractivity contribution in [2.75, 3.05) is 6.61 Å². The average molecular weight is 539 g/mol. The Hall–Kier alpha value is -4.66. The maximum absolute atomic E-state index is 13.4. The number of aromatic nitrogens is 3. The van der Waals surface area contributed by atoms with Crippen LogP contribution in [0.3, 0.4) is 0 Å². The second-order valence-electron chi connectivity index (χ2n) is 9.42. The zero-order chi connectivity index (χ0) is 27.4. The molecular formula is C30H23ClN4O4. The quantitative estimate of drug-likeness (QED) is 0.302. The number of H-pyrrole nitrogens is 1. The predicted molar refractivity (Wildman–Crippen MR) is 153 cm³/mol. The van der Waals surface area contributed by atoms with E-state index in [1.807, 2.05) is 37.3 Å². The molecule has 6 aromatic rings. The smallest absolute Gasteiger partial charge is 0.340 e. The lowest BCUT2D eigenvalue weighted by Gasteiger charge is -2.15. The second-order valence-corrected chi connectivity index (χ2v) is 9.82. The van der Waals surface area contributed by atoms with Gasteiger partial charge in [0.15, 0.2) is 0 Å². The molecule has 0 radical (unpaired) electrons. The van der Waals surface area contributed by atoms with Crippen LogP contribution in [0.5, 0.6) is 0 Å². The van der Waals surface area contributed by atoms with E-state index in [-0.39, 0.29) is 6.61 Å². The molecule has 0 atom stereocenters. The number of nitrogens with two attached hydrogens (primary N) is 1. The molecule has 0 saturated carbocycles. The third-order valence-electron chi connectivity index (χ3n) is 7.18. The summed E-state index contributed by atoms with van der Waals surface area (Å²) in [6.07, 6.45) is 2.07. The molecule has 0 bridgehead atoms. The highest BCUT2D eigenvalue weighted by Gasteiger charge is 2.20. The van der Waals surface area contributed by atoms with Gasteiger partial charge in [0, 0.05) is 35.2 Å². The van der Waals surface area contributed by atoms with Crippen LogP contribution in [-0.4, -0.2) is 31.6 Å². The maximum atomic E-state index is 13.4. The number of hydrogen-bond acceptors (Lipinski definition) is 4. The fraction of sp³-hybridized carbons (Fsp3) is 0.100. The van der Waals surface area contributed by atoms with Gasteiger partial charge in [0.2, 0.25) is 0 Å². The number of amides is 1. The molecule has 194 valence electrons. The lowest BCUT2D eigenvalue weighted by Crippen LogP contribution is -2.36. The summed E-state index contributed by atoms with van der Waals surface area (Å²) in [5, 5.41) is 11.4. The fourth-order valence-corrected chi connectivity index (χ4v) is 5.55. The fourth-order valence-electron chi connectivity index (χ4n) is 5.34. The Morgan fingerprint density at radius 3 is 2.62 bits per heavy atom. The zero-order valence-electron chi connectivity index (χ0n) is 20.9. The second kappa shape index (κ2) is 9.27. The first-order valence-corrected chi connectivity index (χ1v) is 12.7. The van der Waals surface area contributed by atoms with Crippen molar-refractivity contribution in [3.8, 4) is 16.8 Å². The van der Waals surface area contributed by atoms with Gasteiger partial charge in [0.1, 0.15) is 0 Å². The van der Waals surface area contributed by atoms with E-state index in [1.54, 1.807) is 36.5 Å². The van der Waals surface area contributed by atoms with Gasteiger partial charge in [-0.15, -0.1) is 0 Å². The highest BCUT2D eigenvalue weighted by Crippen LogP contribution is 2.38. The van der Waals surface area contributed by atoms with Crippen molar-refractivity contribution in [3.63, 3.8) is 0 Å². The summed E-state index contributed by atoms with van der Waals surface area (Å²) >= 11 is 6.23. The Labute approximate surface area is 226 Å². The van der Waals surface area contributed by atoms with Crippen molar-refractivity contribution in [2.24, 2.45) is 5.73 Å². The van der Waals surface area contributed by atoms with E-state index in [2.05, 4.69) is 4.98 Å². The van der Waals surface area contributed by atoms with Crippen molar-refractivity contribution in [3.05, 3.63) is 115 Å². The third kappa shape index (κ3) is 3.84. The van der Waals surface area contributed by atoms with E-state index >= 15 is 0 Å². The minimum Gasteiger partial charge on any atom is -0.396 e. The van der Waals surface area contributed by atoms with Gasteiger partial charge >= 0.3 is 5.69 Å². The minimum absolute atomic E-state index is 0.0237. The Balaban J connectivity index is 1.65. The summed E-state index contributed by atoms with van der Waals surface area (Å²) in [5.41, 5.74) is 10.5. The number of halogens is 1. The van der Waals surface area contributed by atoms with Crippen LogP contribution in [-0.2, 0) is 6.42 Å². The zero-order valence-corrected chi connectivity index (χ0v) is 21.6. The Kier molecular flexibility index (Phi) is 5.86. The minimum atomic E-state index is -0.562. The molecule has 39 heavy (non-hydrogen) atoms. The normalized spacial score (nSPS) is 11.6. The van der Waals surface area contributed by atoms with Gasteiger partial charge in [-0.3, -0.25) is 14.0 Å². The third-order valence-corrected chi connectivity index (χ3v) is 7.50. The Morgan fingerprint density at radius 1 is 1.03 bits per heavy atom. The summed E-state index contributed by atoms with van der Waals surface area (Å²) in [4.78, 5) is 42.3. The Bertz CT molecular complexity index is 2090. The molecule has 0 aliphatic carbocycles. The molecule has 0 aliphatic heterocycles. The van der Waals surface area contributed by atoms with Gasteiger partial charge in [-0.05, 0) is 65.9 Å². The maximum Gasteiger partial charge on any atom is 0.340 e. The number of benzene rings is 3. The number of primary amides is 1. The molecule has 0 spiro atoms. The summed E-state index contributed by atoms with van der Waals surface area (Å²) < 4.78 is 2.48. The van der Waals surface area contributed by atoms with Crippen LogP contribution < -0.4 is 17.0 Å². The first-order valence-electron chi connectivity index (χ1n) is 12.3. The summed E-state index contributed by atoms with van der Waals surface area (Å²) in [5.74, 6) is -0.562. The highest BCUT2D eigenvalue weighted by molar-refractivity contribution is 6.33. The highest BCUT2D eigenvalue weighted by atomic mass is 35.5. The summed E-state index contributed by atoms with van der Waals surface area (Å²) in [7, 11) is 0. The SMILES string of the molecule is Cc1c(-c2ccc(C(N)=O)c3[nH]c4cc(CCO)ccc4c23)cccc1-n1c(=O)cc2c(Cl)cccn2c1=O. The van der Waals surface area contributed by atoms with Crippen molar-refractivity contribution in [1.29, 1.82) is 0 Å². The molecule has 8 nitrogen and oxygen atoms in total. The standard InChI is InChI=1S/C30H23ClN4O4/c1-16-18(4-2-6-24(16)35-26(37)15-25-22(31)5-3-12-34(25)30(35)39)19-9-10-21(29(32)38)28-27(19)20-8-7-17(11-13-36)14-23(20)33-28/h2-10,12,14-15,33,36H,11,13H2,1H3,(H2,32,38). The lowest BCUT2D eigenvalue weighted by atomic mass is 9.93. The van der Waals surface area contributed by atoms with Gasteiger partial charge in [0.05, 0.1) is 27.3 Å². The molecule has 0 unspecified atom stereocenters. The molecule has 4 N–H and O–H groups in total. The number of rotatable bonds is 5. The van der Waals surface area contributed by atoms with Crippen LogP contribution >= 0.6 is 11.6 Å². The molecule has 6 rings (SSSR count).